The van der Waals surface area contributed by atoms with Crippen LogP contribution in [0.3, 0.4) is 0 Å². The molecule has 0 atom stereocenters. The highest BCUT2D eigenvalue weighted by molar-refractivity contribution is 7.98. The van der Waals surface area contributed by atoms with Crippen LogP contribution in [-0.2, 0) is 6.54 Å². The number of hydrogen-bond donors (Lipinski definition) is 0. The molecule has 0 bridgehead atoms. The number of benzene rings is 1. The van der Waals surface area contributed by atoms with E-state index in [0.717, 1.165) is 10.9 Å². The minimum Gasteiger partial charge on any atom is -0.349 e. The van der Waals surface area contributed by atoms with E-state index in [-0.39, 0.29) is 5.82 Å². The Labute approximate surface area is 113 Å². The molecule has 0 amide bonds. The standard InChI is InChI=1S/C13H20FN3S/c1-16(2)13(17(3)4)15-9-10-11(14)7-6-8-12(10)18-5/h6-8H,9H2,1-5H3. The predicted molar refractivity (Wildman–Crippen MR) is 76.7 cm³/mol. The van der Waals surface area contributed by atoms with E-state index in [1.165, 1.54) is 6.07 Å². The second-order valence-corrected chi connectivity index (χ2v) is 5.17. The van der Waals surface area contributed by atoms with Crippen molar-refractivity contribution < 1.29 is 4.39 Å². The van der Waals surface area contributed by atoms with Gasteiger partial charge >= 0.3 is 0 Å². The largest absolute Gasteiger partial charge is 0.349 e. The second kappa shape index (κ2) is 6.64. The van der Waals surface area contributed by atoms with Crippen LogP contribution in [0, 0.1) is 5.82 Å². The van der Waals surface area contributed by atoms with Gasteiger partial charge in [-0.2, -0.15) is 0 Å². The molecule has 0 saturated carbocycles. The summed E-state index contributed by atoms with van der Waals surface area (Å²) in [7, 11) is 7.71. The lowest BCUT2D eigenvalue weighted by Gasteiger charge is -2.22. The first-order chi connectivity index (χ1) is 8.47. The van der Waals surface area contributed by atoms with Gasteiger partial charge in [-0.15, -0.1) is 11.8 Å². The SMILES string of the molecule is CSc1cccc(F)c1CN=C(N(C)C)N(C)C. The van der Waals surface area contributed by atoms with E-state index in [4.69, 9.17) is 0 Å². The third-order valence-electron chi connectivity index (χ3n) is 2.47. The quantitative estimate of drug-likeness (QED) is 0.477. The lowest BCUT2D eigenvalue weighted by atomic mass is 10.2. The van der Waals surface area contributed by atoms with Crippen LogP contribution in [0.2, 0.25) is 0 Å². The van der Waals surface area contributed by atoms with E-state index >= 15 is 0 Å². The monoisotopic (exact) mass is 269 g/mol. The molecule has 0 unspecified atom stereocenters. The van der Waals surface area contributed by atoms with E-state index in [1.807, 2.05) is 50.3 Å². The summed E-state index contributed by atoms with van der Waals surface area (Å²) in [5.41, 5.74) is 0.659. The molecule has 0 spiro atoms. The molecule has 0 heterocycles. The summed E-state index contributed by atoms with van der Waals surface area (Å²) in [6, 6.07) is 5.13. The lowest BCUT2D eigenvalue weighted by molar-refractivity contribution is 0.478. The lowest BCUT2D eigenvalue weighted by Crippen LogP contribution is -2.35. The van der Waals surface area contributed by atoms with Crippen molar-refractivity contribution in [3.05, 3.63) is 29.6 Å². The molecule has 1 aromatic rings. The first-order valence-corrected chi connectivity index (χ1v) is 6.90. The Morgan fingerprint density at radius 1 is 1.22 bits per heavy atom. The van der Waals surface area contributed by atoms with Gasteiger partial charge in [-0.05, 0) is 18.4 Å². The van der Waals surface area contributed by atoms with Crippen molar-refractivity contribution in [2.24, 2.45) is 4.99 Å². The van der Waals surface area contributed by atoms with Crippen LogP contribution in [-0.4, -0.2) is 50.2 Å². The van der Waals surface area contributed by atoms with Crippen molar-refractivity contribution in [1.82, 2.24) is 9.80 Å². The molecule has 18 heavy (non-hydrogen) atoms. The maximum Gasteiger partial charge on any atom is 0.195 e. The average molecular weight is 269 g/mol. The normalized spacial score (nSPS) is 10.1. The first kappa shape index (κ1) is 14.8. The van der Waals surface area contributed by atoms with Crippen molar-refractivity contribution >= 4 is 17.7 Å². The van der Waals surface area contributed by atoms with Gasteiger partial charge in [0, 0.05) is 38.6 Å². The van der Waals surface area contributed by atoms with Crippen molar-refractivity contribution in [3.8, 4) is 0 Å². The summed E-state index contributed by atoms with van der Waals surface area (Å²) in [4.78, 5) is 9.25. The van der Waals surface area contributed by atoms with Gasteiger partial charge in [0.05, 0.1) is 6.54 Å². The topological polar surface area (TPSA) is 18.8 Å². The summed E-state index contributed by atoms with van der Waals surface area (Å²) in [6.07, 6.45) is 1.95. The van der Waals surface area contributed by atoms with Gasteiger partial charge in [-0.1, -0.05) is 6.07 Å². The Morgan fingerprint density at radius 2 is 1.83 bits per heavy atom. The molecule has 0 aliphatic heterocycles. The Balaban J connectivity index is 3.00. The zero-order valence-corrected chi connectivity index (χ0v) is 12.4. The number of aliphatic imine (C=N–C) groups is 1. The van der Waals surface area contributed by atoms with Gasteiger partial charge in [0.25, 0.3) is 0 Å². The summed E-state index contributed by atoms with van der Waals surface area (Å²) < 4.78 is 13.8. The molecule has 0 radical (unpaired) electrons. The zero-order chi connectivity index (χ0) is 13.7. The minimum atomic E-state index is -0.192. The van der Waals surface area contributed by atoms with Gasteiger partial charge in [-0.25, -0.2) is 9.38 Å². The minimum absolute atomic E-state index is 0.192. The maximum absolute atomic E-state index is 13.8. The number of thioether (sulfide) groups is 1. The fourth-order valence-electron chi connectivity index (χ4n) is 1.72. The zero-order valence-electron chi connectivity index (χ0n) is 11.6. The molecule has 0 aliphatic carbocycles. The van der Waals surface area contributed by atoms with Gasteiger partial charge in [0.15, 0.2) is 5.96 Å². The molecule has 0 saturated heterocycles. The highest BCUT2D eigenvalue weighted by Gasteiger charge is 2.09. The van der Waals surface area contributed by atoms with E-state index < -0.39 is 0 Å². The maximum atomic E-state index is 13.8. The second-order valence-electron chi connectivity index (χ2n) is 4.33. The van der Waals surface area contributed by atoms with Crippen LogP contribution in [0.15, 0.2) is 28.1 Å². The third kappa shape index (κ3) is 3.63. The van der Waals surface area contributed by atoms with Crippen molar-refractivity contribution in [3.63, 3.8) is 0 Å². The Kier molecular flexibility index (Phi) is 5.47. The number of rotatable bonds is 3. The third-order valence-corrected chi connectivity index (χ3v) is 3.30. The number of halogens is 1. The summed E-state index contributed by atoms with van der Waals surface area (Å²) in [5, 5.41) is 0. The molecular formula is C13H20FN3S. The molecule has 0 aliphatic rings. The molecule has 0 N–H and O–H groups in total. The molecule has 1 rings (SSSR count). The fourth-order valence-corrected chi connectivity index (χ4v) is 2.34. The van der Waals surface area contributed by atoms with E-state index in [0.29, 0.717) is 12.1 Å². The molecule has 1 aromatic carbocycles. The van der Waals surface area contributed by atoms with Crippen LogP contribution in [0.1, 0.15) is 5.56 Å². The van der Waals surface area contributed by atoms with Crippen LogP contribution >= 0.6 is 11.8 Å². The predicted octanol–water partition coefficient (Wildman–Crippen LogP) is 2.53. The van der Waals surface area contributed by atoms with Crippen LogP contribution in [0.25, 0.3) is 0 Å². The average Bonchev–Trinajstić information content (AvgIpc) is 2.30. The Bertz CT molecular complexity index is 420. The molecular weight excluding hydrogens is 249 g/mol. The molecule has 0 fully saturated rings. The van der Waals surface area contributed by atoms with Crippen LogP contribution < -0.4 is 0 Å². The highest BCUT2D eigenvalue weighted by atomic mass is 32.2. The molecule has 100 valence electrons. The van der Waals surface area contributed by atoms with Crippen LogP contribution in [0.5, 0.6) is 0 Å². The molecule has 5 heteroatoms. The van der Waals surface area contributed by atoms with E-state index in [1.54, 1.807) is 17.8 Å². The molecule has 0 aromatic heterocycles. The fraction of sp³-hybridized carbons (Fsp3) is 0.462. The van der Waals surface area contributed by atoms with E-state index in [9.17, 15) is 4.39 Å². The van der Waals surface area contributed by atoms with E-state index in [2.05, 4.69) is 4.99 Å². The van der Waals surface area contributed by atoms with Gasteiger partial charge in [-0.3, -0.25) is 0 Å². The van der Waals surface area contributed by atoms with Gasteiger partial charge < -0.3 is 9.80 Å². The van der Waals surface area contributed by atoms with Gasteiger partial charge in [0.2, 0.25) is 0 Å². The summed E-state index contributed by atoms with van der Waals surface area (Å²) >= 11 is 1.54. The summed E-state index contributed by atoms with van der Waals surface area (Å²) in [6.45, 7) is 0.356. The van der Waals surface area contributed by atoms with Crippen molar-refractivity contribution in [2.45, 2.75) is 11.4 Å². The number of guanidine groups is 1. The van der Waals surface area contributed by atoms with Crippen molar-refractivity contribution in [1.29, 1.82) is 0 Å². The Morgan fingerprint density at radius 3 is 2.33 bits per heavy atom. The van der Waals surface area contributed by atoms with Gasteiger partial charge in [0.1, 0.15) is 5.82 Å². The Hall–Kier alpha value is -1.23. The summed E-state index contributed by atoms with van der Waals surface area (Å²) in [5.74, 6) is 0.632. The molecule has 3 nitrogen and oxygen atoms in total. The van der Waals surface area contributed by atoms with Crippen molar-refractivity contribution in [2.75, 3.05) is 34.4 Å². The number of hydrogen-bond acceptors (Lipinski definition) is 2. The van der Waals surface area contributed by atoms with Crippen LogP contribution in [0.4, 0.5) is 4.39 Å². The number of nitrogens with zero attached hydrogens (tertiary/aromatic N) is 3. The highest BCUT2D eigenvalue weighted by Crippen LogP contribution is 2.23. The smallest absolute Gasteiger partial charge is 0.195 e. The first-order valence-electron chi connectivity index (χ1n) is 5.67.